The molecule has 2 atom stereocenters. The van der Waals surface area contributed by atoms with Crippen LogP contribution in [0, 0.1) is 11.3 Å². The molecule has 0 spiro atoms. The number of nitrogens with one attached hydrogen (secondary N) is 1. The molecular weight excluding hydrogens is 262 g/mol. The zero-order chi connectivity index (χ0) is 15.3. The molecule has 2 unspecified atom stereocenters. The average molecular weight is 293 g/mol. The van der Waals surface area contributed by atoms with Gasteiger partial charge in [0.1, 0.15) is 5.76 Å². The van der Waals surface area contributed by atoms with E-state index in [1.54, 1.807) is 6.26 Å². The smallest absolute Gasteiger partial charge is 0.123 e. The van der Waals surface area contributed by atoms with Gasteiger partial charge in [-0.3, -0.25) is 0 Å². The molecule has 0 radical (unpaired) electrons. The zero-order valence-corrected chi connectivity index (χ0v) is 14.1. The van der Waals surface area contributed by atoms with Crippen molar-refractivity contribution in [3.05, 3.63) is 23.7 Å². The Labute approximate surface area is 129 Å². The molecule has 0 saturated heterocycles. The second kappa shape index (κ2) is 7.46. The molecular formula is C18H31NO2. The van der Waals surface area contributed by atoms with Crippen LogP contribution < -0.4 is 5.32 Å². The van der Waals surface area contributed by atoms with Gasteiger partial charge >= 0.3 is 0 Å². The van der Waals surface area contributed by atoms with Crippen molar-refractivity contribution in [1.82, 2.24) is 5.32 Å². The van der Waals surface area contributed by atoms with Gasteiger partial charge < -0.3 is 14.5 Å². The van der Waals surface area contributed by atoms with Gasteiger partial charge in [-0.25, -0.2) is 0 Å². The standard InChI is InChI=1S/C18H31NO2/c1-5-7-19-12-17-15(6-8-20-17)13-21-16-9-14(2)10-18(3,4)11-16/h6,8,14,16,19H,5,7,9-13H2,1-4H3. The van der Waals surface area contributed by atoms with E-state index < -0.39 is 0 Å². The van der Waals surface area contributed by atoms with Crippen LogP contribution in [-0.2, 0) is 17.9 Å². The van der Waals surface area contributed by atoms with E-state index >= 15 is 0 Å². The Morgan fingerprint density at radius 2 is 2.19 bits per heavy atom. The van der Waals surface area contributed by atoms with Gasteiger partial charge in [0.05, 0.1) is 25.5 Å². The molecule has 1 aromatic rings. The SMILES string of the molecule is CCCNCc1occc1COC1CC(C)CC(C)(C)C1. The van der Waals surface area contributed by atoms with Crippen molar-refractivity contribution in [2.75, 3.05) is 6.54 Å². The summed E-state index contributed by atoms with van der Waals surface area (Å²) in [6, 6.07) is 2.04. The molecule has 0 aliphatic heterocycles. The van der Waals surface area contributed by atoms with Gasteiger partial charge in [0.25, 0.3) is 0 Å². The first-order valence-electron chi connectivity index (χ1n) is 8.37. The van der Waals surface area contributed by atoms with E-state index in [9.17, 15) is 0 Å². The van der Waals surface area contributed by atoms with Crippen LogP contribution in [0.2, 0.25) is 0 Å². The average Bonchev–Trinajstić information content (AvgIpc) is 2.82. The van der Waals surface area contributed by atoms with E-state index in [2.05, 4.69) is 33.0 Å². The fourth-order valence-corrected chi connectivity index (χ4v) is 3.62. The normalized spacial score (nSPS) is 25.1. The Hall–Kier alpha value is -0.800. The predicted octanol–water partition coefficient (Wildman–Crippen LogP) is 4.51. The van der Waals surface area contributed by atoms with Crippen molar-refractivity contribution < 1.29 is 9.15 Å². The highest BCUT2D eigenvalue weighted by molar-refractivity contribution is 5.15. The van der Waals surface area contributed by atoms with Crippen LogP contribution in [0.5, 0.6) is 0 Å². The second-order valence-electron chi connectivity index (χ2n) is 7.39. The Morgan fingerprint density at radius 1 is 1.38 bits per heavy atom. The maximum absolute atomic E-state index is 6.19. The van der Waals surface area contributed by atoms with Crippen molar-refractivity contribution in [1.29, 1.82) is 0 Å². The molecule has 1 saturated carbocycles. The third kappa shape index (κ3) is 5.15. The molecule has 1 aliphatic rings. The topological polar surface area (TPSA) is 34.4 Å². The lowest BCUT2D eigenvalue weighted by molar-refractivity contribution is -0.0320. The van der Waals surface area contributed by atoms with Gasteiger partial charge in [0, 0.05) is 5.56 Å². The van der Waals surface area contributed by atoms with Crippen LogP contribution in [0.3, 0.4) is 0 Å². The summed E-state index contributed by atoms with van der Waals surface area (Å²) in [5.41, 5.74) is 1.60. The van der Waals surface area contributed by atoms with Crippen LogP contribution >= 0.6 is 0 Å². The fourth-order valence-electron chi connectivity index (χ4n) is 3.62. The van der Waals surface area contributed by atoms with Crippen LogP contribution in [0.4, 0.5) is 0 Å². The minimum absolute atomic E-state index is 0.384. The van der Waals surface area contributed by atoms with Crippen LogP contribution in [0.1, 0.15) is 64.7 Å². The predicted molar refractivity (Wildman–Crippen MR) is 86.1 cm³/mol. The summed E-state index contributed by atoms with van der Waals surface area (Å²) in [5, 5.41) is 3.39. The number of hydrogen-bond acceptors (Lipinski definition) is 3. The van der Waals surface area contributed by atoms with Crippen LogP contribution in [0.15, 0.2) is 16.7 Å². The number of rotatable bonds is 7. The maximum atomic E-state index is 6.19. The van der Waals surface area contributed by atoms with Gasteiger partial charge in [0.15, 0.2) is 0 Å². The molecule has 2 rings (SSSR count). The van der Waals surface area contributed by atoms with Gasteiger partial charge in [-0.05, 0) is 49.6 Å². The third-order valence-corrected chi connectivity index (χ3v) is 4.37. The van der Waals surface area contributed by atoms with Gasteiger partial charge in [0.2, 0.25) is 0 Å². The van der Waals surface area contributed by atoms with E-state index in [0.29, 0.717) is 18.1 Å². The van der Waals surface area contributed by atoms with Crippen molar-refractivity contribution in [2.24, 2.45) is 11.3 Å². The molecule has 1 aliphatic carbocycles. The van der Waals surface area contributed by atoms with Crippen molar-refractivity contribution in [3.63, 3.8) is 0 Å². The first-order chi connectivity index (χ1) is 10.00. The summed E-state index contributed by atoms with van der Waals surface area (Å²) in [6.07, 6.45) is 6.96. The van der Waals surface area contributed by atoms with E-state index in [-0.39, 0.29) is 0 Å². The number of hydrogen-bond donors (Lipinski definition) is 1. The highest BCUT2D eigenvalue weighted by Gasteiger charge is 2.32. The summed E-state index contributed by atoms with van der Waals surface area (Å²) in [5.74, 6) is 1.78. The first kappa shape index (κ1) is 16.6. The van der Waals surface area contributed by atoms with Gasteiger partial charge in [-0.15, -0.1) is 0 Å². The summed E-state index contributed by atoms with van der Waals surface area (Å²) in [4.78, 5) is 0. The van der Waals surface area contributed by atoms with Crippen molar-refractivity contribution >= 4 is 0 Å². The molecule has 1 N–H and O–H groups in total. The Kier molecular flexibility index (Phi) is 5.88. The fraction of sp³-hybridized carbons (Fsp3) is 0.778. The van der Waals surface area contributed by atoms with Gasteiger partial charge in [-0.1, -0.05) is 27.7 Å². The van der Waals surface area contributed by atoms with Crippen LogP contribution in [-0.4, -0.2) is 12.6 Å². The van der Waals surface area contributed by atoms with E-state index in [0.717, 1.165) is 31.2 Å². The summed E-state index contributed by atoms with van der Waals surface area (Å²) in [6.45, 7) is 11.7. The summed E-state index contributed by atoms with van der Waals surface area (Å²) >= 11 is 0. The molecule has 1 heterocycles. The molecule has 0 amide bonds. The number of furan rings is 1. The van der Waals surface area contributed by atoms with E-state index in [1.807, 2.05) is 6.07 Å². The molecule has 1 aromatic heterocycles. The molecule has 120 valence electrons. The minimum atomic E-state index is 0.384. The van der Waals surface area contributed by atoms with Crippen molar-refractivity contribution in [3.8, 4) is 0 Å². The monoisotopic (exact) mass is 293 g/mol. The molecule has 3 nitrogen and oxygen atoms in total. The largest absolute Gasteiger partial charge is 0.468 e. The summed E-state index contributed by atoms with van der Waals surface area (Å²) in [7, 11) is 0. The quantitative estimate of drug-likeness (QED) is 0.751. The zero-order valence-electron chi connectivity index (χ0n) is 14.1. The first-order valence-corrected chi connectivity index (χ1v) is 8.37. The van der Waals surface area contributed by atoms with Crippen molar-refractivity contribution in [2.45, 2.75) is 72.6 Å². The Bertz CT molecular complexity index is 425. The van der Waals surface area contributed by atoms with Crippen LogP contribution in [0.25, 0.3) is 0 Å². The molecule has 0 aromatic carbocycles. The highest BCUT2D eigenvalue weighted by Crippen LogP contribution is 2.39. The lowest BCUT2D eigenvalue weighted by Gasteiger charge is -2.38. The molecule has 1 fully saturated rings. The van der Waals surface area contributed by atoms with Gasteiger partial charge in [-0.2, -0.15) is 0 Å². The maximum Gasteiger partial charge on any atom is 0.123 e. The Balaban J connectivity index is 1.84. The lowest BCUT2D eigenvalue weighted by atomic mass is 9.71. The van der Waals surface area contributed by atoms with E-state index in [4.69, 9.17) is 9.15 Å². The highest BCUT2D eigenvalue weighted by atomic mass is 16.5. The second-order valence-corrected chi connectivity index (χ2v) is 7.39. The third-order valence-electron chi connectivity index (χ3n) is 4.37. The molecule has 21 heavy (non-hydrogen) atoms. The minimum Gasteiger partial charge on any atom is -0.468 e. The summed E-state index contributed by atoms with van der Waals surface area (Å²) < 4.78 is 11.8. The van der Waals surface area contributed by atoms with E-state index in [1.165, 1.54) is 24.8 Å². The lowest BCUT2D eigenvalue weighted by Crippen LogP contribution is -2.32. The number of ether oxygens (including phenoxy) is 1. The molecule has 0 bridgehead atoms. The Morgan fingerprint density at radius 3 is 2.90 bits per heavy atom. The molecule has 3 heteroatoms.